The smallest absolute Gasteiger partial charge is 0.261 e. The normalized spacial score (nSPS) is 18.3. The maximum Gasteiger partial charge on any atom is 0.261 e. The van der Waals surface area contributed by atoms with Crippen molar-refractivity contribution in [3.8, 4) is 5.69 Å². The Balaban J connectivity index is 1.41. The Morgan fingerprint density at radius 2 is 1.87 bits per heavy atom. The van der Waals surface area contributed by atoms with Crippen LogP contribution < -0.4 is 10.9 Å². The van der Waals surface area contributed by atoms with Gasteiger partial charge in [-0.3, -0.25) is 19.0 Å². The summed E-state index contributed by atoms with van der Waals surface area (Å²) in [5.41, 5.74) is 1.22. The van der Waals surface area contributed by atoms with E-state index in [1.165, 1.54) is 22.0 Å². The molecule has 0 aliphatic heterocycles. The van der Waals surface area contributed by atoms with Gasteiger partial charge in [0.05, 0.1) is 9.21 Å². The van der Waals surface area contributed by atoms with E-state index in [0.717, 1.165) is 24.9 Å². The number of carbonyl (C=O) groups is 2. The van der Waals surface area contributed by atoms with Crippen molar-refractivity contribution in [3.05, 3.63) is 85.9 Å². The molecule has 0 saturated heterocycles. The molecular formula is C23H21ClN2O3S. The molecule has 2 unspecified atom stereocenters. The molecule has 5 nitrogen and oxygen atoms in total. The molecule has 1 fully saturated rings. The van der Waals surface area contributed by atoms with E-state index in [-0.39, 0.29) is 29.2 Å². The van der Waals surface area contributed by atoms with Crippen LogP contribution >= 0.6 is 22.9 Å². The molecule has 1 N–H and O–H groups in total. The van der Waals surface area contributed by atoms with Crippen molar-refractivity contribution < 1.29 is 9.59 Å². The van der Waals surface area contributed by atoms with Gasteiger partial charge in [-0.05, 0) is 61.2 Å². The third-order valence-electron chi connectivity index (χ3n) is 5.51. The SMILES string of the molecule is O=C(CC1CCCC1NC(=O)c1ccc(Cl)s1)c1ccc(-n2ccccc2=O)cc1. The molecule has 7 heteroatoms. The Bertz CT molecular complexity index is 1120. The van der Waals surface area contributed by atoms with Crippen molar-refractivity contribution in [1.29, 1.82) is 0 Å². The largest absolute Gasteiger partial charge is 0.348 e. The maximum absolute atomic E-state index is 12.8. The van der Waals surface area contributed by atoms with Crippen LogP contribution in [0.5, 0.6) is 0 Å². The lowest BCUT2D eigenvalue weighted by molar-refractivity contribution is 0.0899. The molecule has 0 radical (unpaired) electrons. The highest BCUT2D eigenvalue weighted by Gasteiger charge is 2.31. The van der Waals surface area contributed by atoms with Gasteiger partial charge in [-0.2, -0.15) is 0 Å². The van der Waals surface area contributed by atoms with Crippen molar-refractivity contribution >= 4 is 34.6 Å². The Morgan fingerprint density at radius 3 is 2.57 bits per heavy atom. The third-order valence-corrected chi connectivity index (χ3v) is 6.74. The number of Topliss-reactive ketones (excluding diaryl/α,β-unsaturated/α-hetero) is 1. The minimum absolute atomic E-state index is 0.00973. The summed E-state index contributed by atoms with van der Waals surface area (Å²) >= 11 is 7.17. The standard InChI is InChI=1S/C23H21ClN2O3S/c24-21-12-11-20(30-21)23(29)25-18-5-3-4-16(18)14-19(27)15-7-9-17(10-8-15)26-13-2-1-6-22(26)28/h1-2,6-13,16,18H,3-5,14H2,(H,25,29). The van der Waals surface area contributed by atoms with Gasteiger partial charge in [0.15, 0.2) is 5.78 Å². The highest BCUT2D eigenvalue weighted by molar-refractivity contribution is 7.18. The zero-order valence-electron chi connectivity index (χ0n) is 16.2. The molecule has 1 amide bonds. The molecule has 1 aliphatic carbocycles. The Morgan fingerprint density at radius 1 is 1.07 bits per heavy atom. The lowest BCUT2D eigenvalue weighted by atomic mass is 9.93. The van der Waals surface area contributed by atoms with E-state index in [1.54, 1.807) is 54.7 Å². The first kappa shape index (κ1) is 20.6. The molecule has 154 valence electrons. The quantitative estimate of drug-likeness (QED) is 0.563. The Kier molecular flexibility index (Phi) is 6.16. The van der Waals surface area contributed by atoms with Crippen LogP contribution in [0.2, 0.25) is 4.34 Å². The average Bonchev–Trinajstić information content (AvgIpc) is 3.37. The zero-order valence-corrected chi connectivity index (χ0v) is 17.8. The molecule has 0 bridgehead atoms. The lowest BCUT2D eigenvalue weighted by Gasteiger charge is -2.20. The molecule has 2 heterocycles. The van der Waals surface area contributed by atoms with Crippen LogP contribution in [-0.2, 0) is 0 Å². The highest BCUT2D eigenvalue weighted by atomic mass is 35.5. The predicted molar refractivity (Wildman–Crippen MR) is 119 cm³/mol. The number of pyridine rings is 1. The number of thiophene rings is 1. The Hall–Kier alpha value is -2.70. The molecule has 1 aromatic carbocycles. The monoisotopic (exact) mass is 440 g/mol. The van der Waals surface area contributed by atoms with Gasteiger partial charge in [0, 0.05) is 36.0 Å². The van der Waals surface area contributed by atoms with Crippen LogP contribution in [0.3, 0.4) is 0 Å². The fourth-order valence-electron chi connectivity index (χ4n) is 3.95. The van der Waals surface area contributed by atoms with Crippen molar-refractivity contribution in [2.24, 2.45) is 5.92 Å². The number of carbonyl (C=O) groups excluding carboxylic acids is 2. The van der Waals surface area contributed by atoms with E-state index in [4.69, 9.17) is 11.6 Å². The van der Waals surface area contributed by atoms with Crippen LogP contribution in [-0.4, -0.2) is 22.3 Å². The molecule has 2 atom stereocenters. The van der Waals surface area contributed by atoms with Crippen molar-refractivity contribution in [1.82, 2.24) is 9.88 Å². The summed E-state index contributed by atoms with van der Waals surface area (Å²) in [5.74, 6) is 0.0366. The lowest BCUT2D eigenvalue weighted by Crippen LogP contribution is -2.37. The van der Waals surface area contributed by atoms with Gasteiger partial charge in [0.2, 0.25) is 0 Å². The maximum atomic E-state index is 12.8. The first-order valence-corrected chi connectivity index (χ1v) is 11.1. The molecule has 30 heavy (non-hydrogen) atoms. The van der Waals surface area contributed by atoms with Crippen LogP contribution in [0.4, 0.5) is 0 Å². The fraction of sp³-hybridized carbons (Fsp3) is 0.261. The predicted octanol–water partition coefficient (Wildman–Crippen LogP) is 4.72. The fourth-order valence-corrected chi connectivity index (χ4v) is 4.90. The van der Waals surface area contributed by atoms with Crippen molar-refractivity contribution in [2.45, 2.75) is 31.7 Å². The average molecular weight is 441 g/mol. The second-order valence-electron chi connectivity index (χ2n) is 7.46. The number of hydrogen-bond acceptors (Lipinski definition) is 4. The van der Waals surface area contributed by atoms with Gasteiger partial charge in [-0.15, -0.1) is 11.3 Å². The number of hydrogen-bond donors (Lipinski definition) is 1. The molecule has 1 aliphatic rings. The summed E-state index contributed by atoms with van der Waals surface area (Å²) in [6.07, 6.45) is 4.87. The van der Waals surface area contributed by atoms with Crippen LogP contribution in [0.25, 0.3) is 5.69 Å². The number of nitrogens with one attached hydrogen (secondary N) is 1. The molecule has 2 aromatic heterocycles. The van der Waals surface area contributed by atoms with Gasteiger partial charge in [0.25, 0.3) is 11.5 Å². The Labute approximate surface area is 183 Å². The topological polar surface area (TPSA) is 68.2 Å². The summed E-state index contributed by atoms with van der Waals surface area (Å²) in [6, 6.07) is 15.5. The number of benzene rings is 1. The summed E-state index contributed by atoms with van der Waals surface area (Å²) < 4.78 is 2.12. The first-order chi connectivity index (χ1) is 14.5. The number of amides is 1. The second-order valence-corrected chi connectivity index (χ2v) is 9.17. The van der Waals surface area contributed by atoms with Gasteiger partial charge in [0.1, 0.15) is 0 Å². The third kappa shape index (κ3) is 4.55. The van der Waals surface area contributed by atoms with Crippen LogP contribution in [0, 0.1) is 5.92 Å². The number of halogens is 1. The van der Waals surface area contributed by atoms with Gasteiger partial charge in [-0.1, -0.05) is 24.1 Å². The second kappa shape index (κ2) is 8.98. The van der Waals surface area contributed by atoms with E-state index in [1.807, 2.05) is 0 Å². The van der Waals surface area contributed by atoms with E-state index < -0.39 is 0 Å². The van der Waals surface area contributed by atoms with Crippen LogP contribution in [0.15, 0.2) is 65.6 Å². The number of ketones is 1. The summed E-state index contributed by atoms with van der Waals surface area (Å²) in [7, 11) is 0. The molecule has 1 saturated carbocycles. The minimum atomic E-state index is -0.131. The molecule has 4 rings (SSSR count). The minimum Gasteiger partial charge on any atom is -0.348 e. The van der Waals surface area contributed by atoms with Gasteiger partial charge < -0.3 is 5.32 Å². The van der Waals surface area contributed by atoms with E-state index in [9.17, 15) is 14.4 Å². The van der Waals surface area contributed by atoms with Crippen molar-refractivity contribution in [3.63, 3.8) is 0 Å². The molecule has 3 aromatic rings. The zero-order chi connectivity index (χ0) is 21.1. The number of nitrogens with zero attached hydrogens (tertiary/aromatic N) is 1. The molecular weight excluding hydrogens is 420 g/mol. The van der Waals surface area contributed by atoms with Gasteiger partial charge >= 0.3 is 0 Å². The first-order valence-electron chi connectivity index (χ1n) is 9.89. The van der Waals surface area contributed by atoms with E-state index >= 15 is 0 Å². The highest BCUT2D eigenvalue weighted by Crippen LogP contribution is 2.30. The van der Waals surface area contributed by atoms with E-state index in [2.05, 4.69) is 5.32 Å². The number of aromatic nitrogens is 1. The summed E-state index contributed by atoms with van der Waals surface area (Å²) in [5, 5.41) is 3.07. The summed E-state index contributed by atoms with van der Waals surface area (Å²) in [4.78, 5) is 37.8. The summed E-state index contributed by atoms with van der Waals surface area (Å²) in [6.45, 7) is 0. The van der Waals surface area contributed by atoms with Crippen LogP contribution in [0.1, 0.15) is 45.7 Å². The molecule has 0 spiro atoms. The van der Waals surface area contributed by atoms with E-state index in [0.29, 0.717) is 21.2 Å². The van der Waals surface area contributed by atoms with Crippen molar-refractivity contribution in [2.75, 3.05) is 0 Å². The van der Waals surface area contributed by atoms with Gasteiger partial charge in [-0.25, -0.2) is 0 Å². The number of rotatable bonds is 6.